The minimum Gasteiger partial charge on any atom is -0.404 e. The molecule has 29 heavy (non-hydrogen) atoms. The molecule has 0 aliphatic carbocycles. The van der Waals surface area contributed by atoms with Crippen molar-refractivity contribution in [3.05, 3.63) is 34.6 Å². The molecule has 1 aliphatic rings. The van der Waals surface area contributed by atoms with E-state index in [1.165, 1.54) is 23.6 Å². The SMILES string of the molecule is Cc1nc(C(N)=O)c(-c2cc(N3CCOCC3)nc(/N=C(N)\C=C/N)c2C=N)s1. The Kier molecular flexibility index (Phi) is 6.20. The van der Waals surface area contributed by atoms with Gasteiger partial charge in [-0.05, 0) is 25.3 Å². The van der Waals surface area contributed by atoms with Crippen LogP contribution in [0.25, 0.3) is 10.4 Å². The Labute approximate surface area is 171 Å². The van der Waals surface area contributed by atoms with Gasteiger partial charge in [0.15, 0.2) is 5.82 Å². The summed E-state index contributed by atoms with van der Waals surface area (Å²) in [5.74, 6) is 0.388. The molecule has 1 fully saturated rings. The highest BCUT2D eigenvalue weighted by molar-refractivity contribution is 7.15. The van der Waals surface area contributed by atoms with Crippen molar-refractivity contribution in [3.63, 3.8) is 0 Å². The minimum absolute atomic E-state index is 0.142. The monoisotopic (exact) mass is 414 g/mol. The van der Waals surface area contributed by atoms with Crippen LogP contribution in [0, 0.1) is 12.3 Å². The Hall–Kier alpha value is -3.31. The van der Waals surface area contributed by atoms with Gasteiger partial charge in [-0.3, -0.25) is 4.79 Å². The van der Waals surface area contributed by atoms with Crippen molar-refractivity contribution in [2.45, 2.75) is 6.92 Å². The van der Waals surface area contributed by atoms with Gasteiger partial charge in [0.25, 0.3) is 5.91 Å². The van der Waals surface area contributed by atoms with Crippen molar-refractivity contribution in [1.82, 2.24) is 9.97 Å². The third kappa shape index (κ3) is 4.41. The van der Waals surface area contributed by atoms with E-state index in [0.717, 1.165) is 6.21 Å². The zero-order chi connectivity index (χ0) is 21.0. The van der Waals surface area contributed by atoms with Crippen LogP contribution in [-0.4, -0.2) is 54.2 Å². The fourth-order valence-electron chi connectivity index (χ4n) is 2.93. The number of ether oxygens (including phenoxy) is 1. The molecule has 0 aromatic carbocycles. The summed E-state index contributed by atoms with van der Waals surface area (Å²) in [7, 11) is 0. The van der Waals surface area contributed by atoms with Crippen LogP contribution in [0.5, 0.6) is 0 Å². The van der Waals surface area contributed by atoms with Crippen LogP contribution in [0.2, 0.25) is 0 Å². The number of amides is 1. The molecule has 2 aromatic rings. The molecule has 7 N–H and O–H groups in total. The van der Waals surface area contributed by atoms with E-state index in [9.17, 15) is 4.79 Å². The molecule has 0 unspecified atom stereocenters. The number of morpholine rings is 1. The number of primary amides is 1. The predicted octanol–water partition coefficient (Wildman–Crippen LogP) is 0.908. The summed E-state index contributed by atoms with van der Waals surface area (Å²) in [6.45, 7) is 4.25. The molecule has 11 heteroatoms. The number of aromatic nitrogens is 2. The van der Waals surface area contributed by atoms with Crippen molar-refractivity contribution in [2.24, 2.45) is 22.2 Å². The molecular formula is C18H22N8O2S. The van der Waals surface area contributed by atoms with E-state index < -0.39 is 5.91 Å². The maximum Gasteiger partial charge on any atom is 0.268 e. The van der Waals surface area contributed by atoms with Crippen molar-refractivity contribution in [3.8, 4) is 10.4 Å². The molecule has 152 valence electrons. The number of hydrogen-bond donors (Lipinski definition) is 4. The maximum absolute atomic E-state index is 11.9. The predicted molar refractivity (Wildman–Crippen MR) is 114 cm³/mol. The third-order valence-corrected chi connectivity index (χ3v) is 5.22. The summed E-state index contributed by atoms with van der Waals surface area (Å²) in [6.07, 6.45) is 3.83. The topological polar surface area (TPSA) is 170 Å². The van der Waals surface area contributed by atoms with E-state index in [-0.39, 0.29) is 17.3 Å². The summed E-state index contributed by atoms with van der Waals surface area (Å²) in [4.78, 5) is 27.7. The Morgan fingerprint density at radius 3 is 2.69 bits per heavy atom. The molecule has 10 nitrogen and oxygen atoms in total. The van der Waals surface area contributed by atoms with Crippen molar-refractivity contribution in [2.75, 3.05) is 31.2 Å². The molecule has 2 aromatic heterocycles. The number of nitrogens with zero attached hydrogens (tertiary/aromatic N) is 4. The first-order chi connectivity index (χ1) is 13.9. The molecule has 3 rings (SSSR count). The average molecular weight is 414 g/mol. The lowest BCUT2D eigenvalue weighted by molar-refractivity contribution is 0.0996. The molecule has 0 radical (unpaired) electrons. The van der Waals surface area contributed by atoms with E-state index in [0.29, 0.717) is 53.1 Å². The highest BCUT2D eigenvalue weighted by Crippen LogP contribution is 2.37. The van der Waals surface area contributed by atoms with E-state index in [2.05, 4.69) is 15.0 Å². The summed E-state index contributed by atoms with van der Waals surface area (Å²) >= 11 is 1.32. The Balaban J connectivity index is 2.26. The zero-order valence-electron chi connectivity index (χ0n) is 15.9. The Morgan fingerprint density at radius 2 is 2.07 bits per heavy atom. The first-order valence-corrected chi connectivity index (χ1v) is 9.64. The Morgan fingerprint density at radius 1 is 1.34 bits per heavy atom. The van der Waals surface area contributed by atoms with Crippen molar-refractivity contribution >= 4 is 40.9 Å². The van der Waals surface area contributed by atoms with Gasteiger partial charge in [0.05, 0.1) is 23.1 Å². The number of pyridine rings is 1. The summed E-state index contributed by atoms with van der Waals surface area (Å²) in [6, 6.07) is 1.82. The molecule has 0 atom stereocenters. The number of aliphatic imine (C=N–C) groups is 1. The van der Waals surface area contributed by atoms with Crippen molar-refractivity contribution in [1.29, 1.82) is 5.41 Å². The highest BCUT2D eigenvalue weighted by atomic mass is 32.1. The fourth-order valence-corrected chi connectivity index (χ4v) is 3.89. The number of anilines is 1. The standard InChI is InChI=1S/C18H22N8O2S/c1-10-23-15(17(22)27)16(29-10)11-8-14(26-4-6-28-7-5-26)25-18(12(11)9-20)24-13(21)2-3-19/h2-3,8-9,20H,4-7,19H2,1H3,(H2,22,27)(H2,21,24,25)/b3-2-,20-9?. The lowest BCUT2D eigenvalue weighted by Gasteiger charge is -2.28. The van der Waals surface area contributed by atoms with E-state index in [4.69, 9.17) is 27.3 Å². The molecule has 0 saturated carbocycles. The number of nitrogens with one attached hydrogen (secondary N) is 1. The van der Waals surface area contributed by atoms with Gasteiger partial charge in [0.1, 0.15) is 17.3 Å². The smallest absolute Gasteiger partial charge is 0.268 e. The minimum atomic E-state index is -0.638. The van der Waals surface area contributed by atoms with Gasteiger partial charge in [-0.2, -0.15) is 0 Å². The van der Waals surface area contributed by atoms with Gasteiger partial charge in [-0.15, -0.1) is 11.3 Å². The van der Waals surface area contributed by atoms with Crippen LogP contribution in [0.4, 0.5) is 11.6 Å². The summed E-state index contributed by atoms with van der Waals surface area (Å²) < 4.78 is 5.42. The number of carbonyl (C=O) groups is 1. The lowest BCUT2D eigenvalue weighted by Crippen LogP contribution is -2.36. The second kappa shape index (κ2) is 8.80. The molecular weight excluding hydrogens is 392 g/mol. The highest BCUT2D eigenvalue weighted by Gasteiger charge is 2.23. The molecule has 0 spiro atoms. The first-order valence-electron chi connectivity index (χ1n) is 8.82. The second-order valence-corrected chi connectivity index (χ2v) is 7.38. The molecule has 0 bridgehead atoms. The van der Waals surface area contributed by atoms with Gasteiger partial charge < -0.3 is 32.2 Å². The number of thiazole rings is 1. The number of rotatable bonds is 6. The number of aryl methyl sites for hydroxylation is 1. The zero-order valence-corrected chi connectivity index (χ0v) is 16.7. The number of hydrogen-bond acceptors (Lipinski definition) is 9. The van der Waals surface area contributed by atoms with Gasteiger partial charge in [0.2, 0.25) is 0 Å². The average Bonchev–Trinajstić information content (AvgIpc) is 3.10. The summed E-state index contributed by atoms with van der Waals surface area (Å²) in [5, 5.41) is 8.62. The van der Waals surface area contributed by atoms with Crippen LogP contribution < -0.4 is 22.1 Å². The number of carbonyl (C=O) groups excluding carboxylic acids is 1. The maximum atomic E-state index is 11.9. The summed E-state index contributed by atoms with van der Waals surface area (Å²) in [5.41, 5.74) is 18.0. The van der Waals surface area contributed by atoms with E-state index in [1.54, 1.807) is 6.92 Å². The van der Waals surface area contributed by atoms with Crippen LogP contribution in [0.15, 0.2) is 23.3 Å². The van der Waals surface area contributed by atoms with Crippen LogP contribution in [0.3, 0.4) is 0 Å². The normalized spacial score (nSPS) is 15.1. The van der Waals surface area contributed by atoms with Crippen LogP contribution >= 0.6 is 11.3 Å². The molecule has 1 aliphatic heterocycles. The van der Waals surface area contributed by atoms with E-state index in [1.807, 2.05) is 11.0 Å². The second-order valence-electron chi connectivity index (χ2n) is 6.18. The fraction of sp³-hybridized carbons (Fsp3) is 0.278. The molecule has 1 amide bonds. The van der Waals surface area contributed by atoms with Gasteiger partial charge in [0, 0.05) is 30.4 Å². The largest absolute Gasteiger partial charge is 0.404 e. The molecule has 3 heterocycles. The number of nitrogens with two attached hydrogens (primary N) is 3. The quantitative estimate of drug-likeness (QED) is 0.402. The lowest BCUT2D eigenvalue weighted by atomic mass is 10.1. The van der Waals surface area contributed by atoms with Gasteiger partial charge in [-0.25, -0.2) is 15.0 Å². The van der Waals surface area contributed by atoms with Gasteiger partial charge >= 0.3 is 0 Å². The molecule has 1 saturated heterocycles. The van der Waals surface area contributed by atoms with Crippen molar-refractivity contribution < 1.29 is 9.53 Å². The number of amidine groups is 1. The third-order valence-electron chi connectivity index (χ3n) is 4.22. The van der Waals surface area contributed by atoms with E-state index >= 15 is 0 Å². The van der Waals surface area contributed by atoms with Crippen LogP contribution in [0.1, 0.15) is 21.1 Å². The first kappa shape index (κ1) is 20.4. The van der Waals surface area contributed by atoms with Crippen LogP contribution in [-0.2, 0) is 4.74 Å². The van der Waals surface area contributed by atoms with Gasteiger partial charge in [-0.1, -0.05) is 0 Å². The Bertz CT molecular complexity index is 992.